The van der Waals surface area contributed by atoms with Gasteiger partial charge in [-0.3, -0.25) is 24.1 Å². The number of hydrogen-bond acceptors (Lipinski definition) is 10. The van der Waals surface area contributed by atoms with Gasteiger partial charge in [-0.25, -0.2) is 0 Å². The number of nitrogens with two attached hydrogens (primary N) is 2. The Balaban J connectivity index is 2.21. The summed E-state index contributed by atoms with van der Waals surface area (Å²) < 4.78 is 20.2. The third-order valence-electron chi connectivity index (χ3n) is 5.52. The summed E-state index contributed by atoms with van der Waals surface area (Å²) >= 11 is 0.679. The second kappa shape index (κ2) is 13.9. The molecule has 1 heterocycles. The molecule has 0 bridgehead atoms. The molecule has 40 heavy (non-hydrogen) atoms. The molecule has 0 aliphatic rings. The quantitative estimate of drug-likeness (QED) is 0.261. The first-order valence-corrected chi connectivity index (χ1v) is 13.3. The molecule has 0 aliphatic carbocycles. The number of benzene rings is 2. The summed E-state index contributed by atoms with van der Waals surface area (Å²) in [7, 11) is 0. The van der Waals surface area contributed by atoms with E-state index in [4.69, 9.17) is 25.7 Å². The molecule has 0 spiro atoms. The van der Waals surface area contributed by atoms with Gasteiger partial charge in [0.2, 0.25) is 5.91 Å². The molecule has 3 aromatic rings. The first kappa shape index (κ1) is 29.9. The largest absolute Gasteiger partial charge is 0.494 e. The Kier molecular flexibility index (Phi) is 10.4. The van der Waals surface area contributed by atoms with Crippen LogP contribution in [0.15, 0.2) is 48.5 Å². The Bertz CT molecular complexity index is 1360. The predicted molar refractivity (Wildman–Crippen MR) is 149 cm³/mol. The summed E-state index contributed by atoms with van der Waals surface area (Å²) in [6.45, 7) is 5.68. The smallest absolute Gasteiger partial charge is 0.325 e. The number of carbonyl (C=O) groups excluding carboxylic acids is 4. The van der Waals surface area contributed by atoms with Gasteiger partial charge in [-0.2, -0.15) is 4.37 Å². The van der Waals surface area contributed by atoms with Crippen molar-refractivity contribution >= 4 is 46.6 Å². The molecule has 0 saturated heterocycles. The van der Waals surface area contributed by atoms with Crippen LogP contribution < -0.4 is 31.2 Å². The Morgan fingerprint density at radius 3 is 2.25 bits per heavy atom. The first-order chi connectivity index (χ1) is 19.2. The number of aromatic nitrogens is 1. The maximum absolute atomic E-state index is 14.2. The van der Waals surface area contributed by atoms with Crippen LogP contribution in [-0.4, -0.2) is 54.4 Å². The van der Waals surface area contributed by atoms with Gasteiger partial charge in [0.15, 0.2) is 5.69 Å². The van der Waals surface area contributed by atoms with Crippen molar-refractivity contribution in [3.05, 3.63) is 64.7 Å². The van der Waals surface area contributed by atoms with E-state index in [0.717, 1.165) is 0 Å². The van der Waals surface area contributed by atoms with Crippen molar-refractivity contribution in [2.45, 2.75) is 26.8 Å². The van der Waals surface area contributed by atoms with E-state index in [9.17, 15) is 19.2 Å². The van der Waals surface area contributed by atoms with Crippen molar-refractivity contribution in [1.82, 2.24) is 9.69 Å². The highest BCUT2D eigenvalue weighted by Gasteiger charge is 2.37. The summed E-state index contributed by atoms with van der Waals surface area (Å²) in [5.41, 5.74) is 11.6. The van der Waals surface area contributed by atoms with Crippen molar-refractivity contribution in [3.63, 3.8) is 0 Å². The van der Waals surface area contributed by atoms with Gasteiger partial charge in [0.05, 0.1) is 31.2 Å². The second-order valence-electron chi connectivity index (χ2n) is 8.14. The monoisotopic (exact) mass is 569 g/mol. The molecular formula is C27H31N5O7S. The number of amides is 3. The molecule has 2 aromatic carbocycles. The van der Waals surface area contributed by atoms with E-state index in [1.807, 2.05) is 6.92 Å². The standard InChI is InChI=1S/C27H31N5O7S/c1-4-37-17-13-11-16(12-14-17)23(26(35)30-15-20(33)39-6-3)32(18-9-7-8-10-19(18)38-5-2)27(36)24-21(28)22(25(29)34)31-40-24/h7-14,23H,4-6,15,28H2,1-3H3,(H2,29,34)(H,30,35)/t23-/m1/s1. The molecule has 0 saturated carbocycles. The number of ether oxygens (including phenoxy) is 3. The molecule has 0 unspecified atom stereocenters. The van der Waals surface area contributed by atoms with E-state index in [1.54, 1.807) is 62.4 Å². The fourth-order valence-electron chi connectivity index (χ4n) is 3.84. The van der Waals surface area contributed by atoms with E-state index < -0.39 is 36.3 Å². The fraction of sp³-hybridized carbons (Fsp3) is 0.296. The van der Waals surface area contributed by atoms with Crippen LogP contribution in [0.5, 0.6) is 11.5 Å². The number of primary amides is 1. The zero-order valence-electron chi connectivity index (χ0n) is 22.3. The maximum Gasteiger partial charge on any atom is 0.325 e. The highest BCUT2D eigenvalue weighted by atomic mass is 32.1. The molecule has 12 nitrogen and oxygen atoms in total. The Morgan fingerprint density at radius 1 is 0.975 bits per heavy atom. The zero-order chi connectivity index (χ0) is 29.2. The van der Waals surface area contributed by atoms with Crippen molar-refractivity contribution in [1.29, 1.82) is 0 Å². The Hall–Kier alpha value is -4.65. The predicted octanol–water partition coefficient (Wildman–Crippen LogP) is 2.69. The summed E-state index contributed by atoms with van der Waals surface area (Å²) in [4.78, 5) is 52.9. The number of nitrogen functional groups attached to an aromatic ring is 1. The molecule has 212 valence electrons. The molecule has 3 amide bonds. The minimum atomic E-state index is -1.32. The van der Waals surface area contributed by atoms with E-state index in [-0.39, 0.29) is 35.2 Å². The molecular weight excluding hydrogens is 538 g/mol. The van der Waals surface area contributed by atoms with Crippen LogP contribution in [0, 0.1) is 0 Å². The number of rotatable bonds is 13. The van der Waals surface area contributed by atoms with Crippen LogP contribution in [-0.2, 0) is 14.3 Å². The van der Waals surface area contributed by atoms with Crippen molar-refractivity contribution in [2.75, 3.05) is 37.0 Å². The van der Waals surface area contributed by atoms with Gasteiger partial charge < -0.3 is 31.0 Å². The van der Waals surface area contributed by atoms with E-state index in [2.05, 4.69) is 9.69 Å². The molecule has 0 radical (unpaired) electrons. The van der Waals surface area contributed by atoms with Crippen LogP contribution in [0.25, 0.3) is 0 Å². The Morgan fingerprint density at radius 2 is 1.65 bits per heavy atom. The lowest BCUT2D eigenvalue weighted by Crippen LogP contribution is -2.45. The SMILES string of the molecule is CCOC(=O)CNC(=O)[C@@H](c1ccc(OCC)cc1)N(C(=O)c1snc(C(N)=O)c1N)c1ccccc1OCC. The number of anilines is 2. The molecule has 1 aromatic heterocycles. The third kappa shape index (κ3) is 6.86. The molecule has 5 N–H and O–H groups in total. The maximum atomic E-state index is 14.2. The van der Waals surface area contributed by atoms with Crippen LogP contribution in [0.3, 0.4) is 0 Å². The minimum absolute atomic E-state index is 0.103. The van der Waals surface area contributed by atoms with Gasteiger partial charge in [0.1, 0.15) is 29.0 Å². The number of nitrogens with zero attached hydrogens (tertiary/aromatic N) is 2. The summed E-state index contributed by atoms with van der Waals surface area (Å²) in [5.74, 6) is -2.10. The van der Waals surface area contributed by atoms with Gasteiger partial charge in [0.25, 0.3) is 11.8 Å². The second-order valence-corrected chi connectivity index (χ2v) is 8.91. The van der Waals surface area contributed by atoms with Crippen LogP contribution in [0.4, 0.5) is 11.4 Å². The zero-order valence-corrected chi connectivity index (χ0v) is 23.2. The third-order valence-corrected chi connectivity index (χ3v) is 6.38. The lowest BCUT2D eigenvalue weighted by molar-refractivity contribution is -0.143. The van der Waals surface area contributed by atoms with E-state index in [1.165, 1.54) is 4.90 Å². The molecule has 3 rings (SSSR count). The topological polar surface area (TPSA) is 176 Å². The van der Waals surface area contributed by atoms with Crippen molar-refractivity contribution < 1.29 is 33.4 Å². The summed E-state index contributed by atoms with van der Waals surface area (Å²) in [5, 5.41) is 2.55. The molecule has 1 atom stereocenters. The van der Waals surface area contributed by atoms with Gasteiger partial charge in [-0.15, -0.1) is 0 Å². The van der Waals surface area contributed by atoms with Crippen LogP contribution in [0.2, 0.25) is 0 Å². The number of hydrogen-bond donors (Lipinski definition) is 3. The van der Waals surface area contributed by atoms with Crippen LogP contribution >= 0.6 is 11.5 Å². The molecule has 0 aliphatic heterocycles. The summed E-state index contributed by atoms with van der Waals surface area (Å²) in [6.07, 6.45) is 0. The van der Waals surface area contributed by atoms with Crippen molar-refractivity contribution in [2.24, 2.45) is 5.73 Å². The summed E-state index contributed by atoms with van der Waals surface area (Å²) in [6, 6.07) is 11.9. The molecule has 0 fully saturated rings. The molecule has 13 heteroatoms. The normalized spacial score (nSPS) is 11.3. The van der Waals surface area contributed by atoms with Gasteiger partial charge >= 0.3 is 5.97 Å². The van der Waals surface area contributed by atoms with E-state index >= 15 is 0 Å². The lowest BCUT2D eigenvalue weighted by atomic mass is 10.0. The minimum Gasteiger partial charge on any atom is -0.494 e. The fourth-order valence-corrected chi connectivity index (χ4v) is 4.58. The number of para-hydroxylation sites is 2. The van der Waals surface area contributed by atoms with Crippen molar-refractivity contribution in [3.8, 4) is 11.5 Å². The lowest BCUT2D eigenvalue weighted by Gasteiger charge is -2.32. The average Bonchev–Trinajstić information content (AvgIpc) is 3.33. The van der Waals surface area contributed by atoms with Gasteiger partial charge in [-0.1, -0.05) is 24.3 Å². The van der Waals surface area contributed by atoms with Gasteiger partial charge in [0, 0.05) is 0 Å². The van der Waals surface area contributed by atoms with Crippen LogP contribution in [0.1, 0.15) is 52.5 Å². The first-order valence-electron chi connectivity index (χ1n) is 12.5. The highest BCUT2D eigenvalue weighted by Crippen LogP contribution is 2.38. The Labute approximate surface area is 235 Å². The highest BCUT2D eigenvalue weighted by molar-refractivity contribution is 7.09. The average molecular weight is 570 g/mol. The van der Waals surface area contributed by atoms with E-state index in [0.29, 0.717) is 35.2 Å². The number of carbonyl (C=O) groups is 4. The number of esters is 1. The van der Waals surface area contributed by atoms with Gasteiger partial charge in [-0.05, 0) is 62.1 Å². The number of nitrogens with one attached hydrogen (secondary N) is 1.